The van der Waals surface area contributed by atoms with Gasteiger partial charge < -0.3 is 10.2 Å². The van der Waals surface area contributed by atoms with E-state index in [0.29, 0.717) is 13.0 Å². The van der Waals surface area contributed by atoms with Crippen LogP contribution in [0.2, 0.25) is 5.02 Å². The van der Waals surface area contributed by atoms with E-state index in [-0.39, 0.29) is 22.7 Å². The summed E-state index contributed by atoms with van der Waals surface area (Å²) in [7, 11) is 0. The number of carbonyl (C=O) groups excluding carboxylic acids is 1. The van der Waals surface area contributed by atoms with Gasteiger partial charge in [-0.2, -0.15) is 0 Å². The lowest BCUT2D eigenvalue weighted by atomic mass is 10.2. The molecule has 1 unspecified atom stereocenters. The Bertz CT molecular complexity index is 439. The second kappa shape index (κ2) is 5.02. The molecule has 0 aromatic heterocycles. The number of nitrogens with zero attached hydrogens (tertiary/aromatic N) is 1. The van der Waals surface area contributed by atoms with Crippen molar-refractivity contribution in [3.8, 4) is 0 Å². The highest BCUT2D eigenvalue weighted by molar-refractivity contribution is 6.31. The van der Waals surface area contributed by atoms with Crippen molar-refractivity contribution in [2.24, 2.45) is 0 Å². The zero-order valence-electron chi connectivity index (χ0n) is 9.54. The van der Waals surface area contributed by atoms with Crippen LogP contribution in [0, 0.1) is 5.82 Å². The molecule has 2 rings (SSSR count). The second-order valence-corrected chi connectivity index (χ2v) is 4.37. The molecule has 1 atom stereocenters. The molecule has 1 aromatic carbocycles. The number of hydrogen-bond donors (Lipinski definition) is 1. The summed E-state index contributed by atoms with van der Waals surface area (Å²) >= 11 is 5.71. The molecule has 92 valence electrons. The highest BCUT2D eigenvalue weighted by Gasteiger charge is 2.33. The number of anilines is 1. The molecule has 1 aliphatic heterocycles. The second-order valence-electron chi connectivity index (χ2n) is 3.96. The Hall–Kier alpha value is -1.13. The quantitative estimate of drug-likeness (QED) is 0.899. The first-order valence-electron chi connectivity index (χ1n) is 5.64. The molecule has 0 saturated carbocycles. The maximum absolute atomic E-state index is 13.8. The monoisotopic (exact) mass is 256 g/mol. The van der Waals surface area contributed by atoms with Crippen molar-refractivity contribution in [1.29, 1.82) is 0 Å². The fourth-order valence-electron chi connectivity index (χ4n) is 2.06. The summed E-state index contributed by atoms with van der Waals surface area (Å²) in [5.74, 6) is -0.618. The third kappa shape index (κ3) is 2.28. The summed E-state index contributed by atoms with van der Waals surface area (Å²) in [5, 5.41) is 3.13. The Labute approximate surface area is 105 Å². The maximum Gasteiger partial charge on any atom is 0.244 e. The van der Waals surface area contributed by atoms with Crippen LogP contribution in [0.5, 0.6) is 0 Å². The van der Waals surface area contributed by atoms with Crippen molar-refractivity contribution in [2.45, 2.75) is 19.4 Å². The first-order chi connectivity index (χ1) is 8.15. The van der Waals surface area contributed by atoms with Crippen LogP contribution in [0.25, 0.3) is 0 Å². The molecule has 1 amide bonds. The molecule has 0 spiro atoms. The molecule has 1 N–H and O–H groups in total. The number of rotatable bonds is 3. The average molecular weight is 257 g/mol. The van der Waals surface area contributed by atoms with E-state index in [4.69, 9.17) is 11.6 Å². The molecule has 0 radical (unpaired) electrons. The van der Waals surface area contributed by atoms with E-state index in [1.165, 1.54) is 11.0 Å². The van der Waals surface area contributed by atoms with Crippen molar-refractivity contribution in [3.05, 3.63) is 29.0 Å². The first-order valence-corrected chi connectivity index (χ1v) is 6.01. The van der Waals surface area contributed by atoms with Gasteiger partial charge in [0.05, 0.1) is 16.8 Å². The minimum absolute atomic E-state index is 0.0437. The molecule has 1 aliphatic rings. The van der Waals surface area contributed by atoms with Crippen LogP contribution < -0.4 is 10.2 Å². The normalized spacial score (nSPS) is 20.1. The largest absolute Gasteiger partial charge is 0.308 e. The van der Waals surface area contributed by atoms with Gasteiger partial charge in [-0.1, -0.05) is 24.6 Å². The minimum atomic E-state index is -0.528. The lowest BCUT2D eigenvalue weighted by Crippen LogP contribution is -2.38. The molecular weight excluding hydrogens is 243 g/mol. The number of benzene rings is 1. The van der Waals surface area contributed by atoms with Crippen LogP contribution in [0.1, 0.15) is 13.3 Å². The van der Waals surface area contributed by atoms with Gasteiger partial charge in [-0.25, -0.2) is 4.39 Å². The van der Waals surface area contributed by atoms with Gasteiger partial charge in [-0.15, -0.1) is 0 Å². The number of amides is 1. The smallest absolute Gasteiger partial charge is 0.244 e. The maximum atomic E-state index is 13.8. The van der Waals surface area contributed by atoms with E-state index in [1.54, 1.807) is 12.1 Å². The van der Waals surface area contributed by atoms with E-state index in [1.807, 2.05) is 6.92 Å². The highest BCUT2D eigenvalue weighted by atomic mass is 35.5. The summed E-state index contributed by atoms with van der Waals surface area (Å²) in [6.45, 7) is 3.19. The fourth-order valence-corrected chi connectivity index (χ4v) is 2.23. The molecule has 0 aliphatic carbocycles. The summed E-state index contributed by atoms with van der Waals surface area (Å²) in [6.07, 6.45) is 0.693. The van der Waals surface area contributed by atoms with Gasteiger partial charge >= 0.3 is 0 Å². The van der Waals surface area contributed by atoms with Crippen molar-refractivity contribution in [1.82, 2.24) is 5.32 Å². The van der Waals surface area contributed by atoms with Gasteiger partial charge in [-0.05, 0) is 25.1 Å². The predicted octanol–water partition coefficient (Wildman–Crippen LogP) is 2.19. The topological polar surface area (TPSA) is 32.3 Å². The van der Waals surface area contributed by atoms with Crippen LogP contribution in [0.3, 0.4) is 0 Å². The van der Waals surface area contributed by atoms with Crippen LogP contribution in [0.15, 0.2) is 18.2 Å². The third-order valence-electron chi connectivity index (χ3n) is 2.88. The molecule has 5 heteroatoms. The van der Waals surface area contributed by atoms with E-state index in [0.717, 1.165) is 6.54 Å². The molecule has 0 bridgehead atoms. The zero-order chi connectivity index (χ0) is 12.4. The van der Waals surface area contributed by atoms with Crippen molar-refractivity contribution in [2.75, 3.05) is 18.0 Å². The number of hydrogen-bond acceptors (Lipinski definition) is 2. The van der Waals surface area contributed by atoms with Gasteiger partial charge in [0, 0.05) is 6.54 Å². The molecule has 1 fully saturated rings. The Kier molecular flexibility index (Phi) is 3.64. The average Bonchev–Trinajstić information content (AvgIpc) is 2.66. The highest BCUT2D eigenvalue weighted by Crippen LogP contribution is 2.28. The Balaban J connectivity index is 2.24. The molecule has 3 nitrogen and oxygen atoms in total. The van der Waals surface area contributed by atoms with Gasteiger partial charge in [-0.3, -0.25) is 4.79 Å². The van der Waals surface area contributed by atoms with Crippen LogP contribution in [0.4, 0.5) is 10.1 Å². The number of nitrogens with one attached hydrogen (secondary N) is 1. The summed E-state index contributed by atoms with van der Waals surface area (Å²) in [6, 6.07) is 4.49. The summed E-state index contributed by atoms with van der Waals surface area (Å²) < 4.78 is 13.8. The standard InChI is InChI=1S/C12H14ClFN2O/c1-2-15-9-6-7-16(12(9)17)10-5-3-4-8(13)11(10)14/h3-5,9,15H,2,6-7H2,1H3. The SMILES string of the molecule is CCNC1CCN(c2cccc(Cl)c2F)C1=O. The zero-order valence-corrected chi connectivity index (χ0v) is 10.3. The van der Waals surface area contributed by atoms with Crippen molar-refractivity contribution >= 4 is 23.2 Å². The summed E-state index contributed by atoms with van der Waals surface area (Å²) in [5.41, 5.74) is 0.267. The van der Waals surface area contributed by atoms with Gasteiger partial charge in [0.1, 0.15) is 0 Å². The lowest BCUT2D eigenvalue weighted by molar-refractivity contribution is -0.118. The number of carbonyl (C=O) groups is 1. The van der Waals surface area contributed by atoms with Crippen LogP contribution in [-0.4, -0.2) is 25.0 Å². The predicted molar refractivity (Wildman–Crippen MR) is 65.8 cm³/mol. The van der Waals surface area contributed by atoms with E-state index in [2.05, 4.69) is 5.32 Å². The van der Waals surface area contributed by atoms with Crippen LogP contribution in [-0.2, 0) is 4.79 Å². The minimum Gasteiger partial charge on any atom is -0.308 e. The Morgan fingerprint density at radius 3 is 3.06 bits per heavy atom. The lowest BCUT2D eigenvalue weighted by Gasteiger charge is -2.18. The molecule has 1 saturated heterocycles. The number of halogens is 2. The van der Waals surface area contributed by atoms with Gasteiger partial charge in [0.2, 0.25) is 5.91 Å². The Morgan fingerprint density at radius 1 is 1.59 bits per heavy atom. The van der Waals surface area contributed by atoms with Crippen molar-refractivity contribution in [3.63, 3.8) is 0 Å². The Morgan fingerprint density at radius 2 is 2.35 bits per heavy atom. The van der Waals surface area contributed by atoms with Crippen molar-refractivity contribution < 1.29 is 9.18 Å². The fraction of sp³-hybridized carbons (Fsp3) is 0.417. The van der Waals surface area contributed by atoms with Crippen LogP contribution >= 0.6 is 11.6 Å². The third-order valence-corrected chi connectivity index (χ3v) is 3.17. The number of likely N-dealkylation sites (N-methyl/N-ethyl adjacent to an activating group) is 1. The van der Waals surface area contributed by atoms with Gasteiger partial charge in [0.25, 0.3) is 0 Å². The molecule has 1 aromatic rings. The molecule has 17 heavy (non-hydrogen) atoms. The molecular formula is C12H14ClFN2O. The summed E-state index contributed by atoms with van der Waals surface area (Å²) in [4.78, 5) is 13.5. The first kappa shape index (κ1) is 12.3. The van der Waals surface area contributed by atoms with E-state index in [9.17, 15) is 9.18 Å². The van der Waals surface area contributed by atoms with E-state index < -0.39 is 5.82 Å². The van der Waals surface area contributed by atoms with E-state index >= 15 is 0 Å². The van der Waals surface area contributed by atoms with Gasteiger partial charge in [0.15, 0.2) is 5.82 Å². The molecule has 1 heterocycles.